The summed E-state index contributed by atoms with van der Waals surface area (Å²) in [5.41, 5.74) is 0.977. The van der Waals surface area contributed by atoms with Gasteiger partial charge >= 0.3 is 5.97 Å². The number of ether oxygens (including phenoxy) is 1. The standard InChI is InChI=1S/C11H11FO3/c1-6(13)10-4-7-2-3-8(12)5-9(7)11(14)15-10/h2-3,5-6,10,13H,4H2,1H3. The second-order valence-electron chi connectivity index (χ2n) is 3.69. The minimum Gasteiger partial charge on any atom is -0.456 e. The third-order valence-electron chi connectivity index (χ3n) is 2.51. The molecule has 1 aliphatic rings. The van der Waals surface area contributed by atoms with Crippen LogP contribution < -0.4 is 0 Å². The smallest absolute Gasteiger partial charge is 0.338 e. The fraction of sp³-hybridized carbons (Fsp3) is 0.364. The molecule has 0 amide bonds. The topological polar surface area (TPSA) is 46.5 Å². The minimum atomic E-state index is -0.716. The van der Waals surface area contributed by atoms with E-state index in [0.717, 1.165) is 11.6 Å². The number of carbonyl (C=O) groups is 1. The van der Waals surface area contributed by atoms with E-state index in [9.17, 15) is 14.3 Å². The van der Waals surface area contributed by atoms with E-state index < -0.39 is 24.0 Å². The zero-order valence-electron chi connectivity index (χ0n) is 8.24. The Morgan fingerprint density at radius 3 is 3.00 bits per heavy atom. The first kappa shape index (κ1) is 10.1. The molecule has 1 aromatic carbocycles. The summed E-state index contributed by atoms with van der Waals surface area (Å²) in [6.45, 7) is 1.56. The number of esters is 1. The van der Waals surface area contributed by atoms with Crippen LogP contribution in [-0.4, -0.2) is 23.3 Å². The number of carbonyl (C=O) groups excluding carboxylic acids is 1. The second-order valence-corrected chi connectivity index (χ2v) is 3.69. The van der Waals surface area contributed by atoms with Crippen molar-refractivity contribution in [3.8, 4) is 0 Å². The van der Waals surface area contributed by atoms with E-state index >= 15 is 0 Å². The van der Waals surface area contributed by atoms with Gasteiger partial charge in [-0.3, -0.25) is 0 Å². The van der Waals surface area contributed by atoms with Gasteiger partial charge in [-0.1, -0.05) is 6.07 Å². The Kier molecular flexibility index (Phi) is 2.44. The van der Waals surface area contributed by atoms with Crippen molar-refractivity contribution >= 4 is 5.97 Å². The van der Waals surface area contributed by atoms with Crippen molar-refractivity contribution in [1.29, 1.82) is 0 Å². The van der Waals surface area contributed by atoms with Crippen molar-refractivity contribution in [3.63, 3.8) is 0 Å². The molecule has 2 atom stereocenters. The number of cyclic esters (lactones) is 1. The summed E-state index contributed by atoms with van der Waals surface area (Å²) >= 11 is 0. The monoisotopic (exact) mass is 210 g/mol. The van der Waals surface area contributed by atoms with Crippen LogP contribution in [0.1, 0.15) is 22.8 Å². The molecule has 1 N–H and O–H groups in total. The molecular weight excluding hydrogens is 199 g/mol. The lowest BCUT2D eigenvalue weighted by Gasteiger charge is -2.26. The summed E-state index contributed by atoms with van der Waals surface area (Å²) in [6.07, 6.45) is -0.818. The molecule has 2 unspecified atom stereocenters. The zero-order chi connectivity index (χ0) is 11.0. The number of aliphatic hydroxyl groups excluding tert-OH is 1. The van der Waals surface area contributed by atoms with Crippen molar-refractivity contribution in [1.82, 2.24) is 0 Å². The molecule has 80 valence electrons. The fourth-order valence-electron chi connectivity index (χ4n) is 1.65. The van der Waals surface area contributed by atoms with Crippen LogP contribution in [0.15, 0.2) is 18.2 Å². The van der Waals surface area contributed by atoms with E-state index in [0.29, 0.717) is 6.42 Å². The van der Waals surface area contributed by atoms with Crippen molar-refractivity contribution in [2.24, 2.45) is 0 Å². The largest absolute Gasteiger partial charge is 0.456 e. The van der Waals surface area contributed by atoms with Gasteiger partial charge in [-0.05, 0) is 24.6 Å². The molecule has 1 aromatic rings. The summed E-state index contributed by atoms with van der Waals surface area (Å²) < 4.78 is 17.8. The highest BCUT2D eigenvalue weighted by Crippen LogP contribution is 2.23. The Morgan fingerprint density at radius 1 is 1.60 bits per heavy atom. The van der Waals surface area contributed by atoms with Crippen LogP contribution in [0.5, 0.6) is 0 Å². The Balaban J connectivity index is 2.37. The van der Waals surface area contributed by atoms with Gasteiger partial charge in [-0.15, -0.1) is 0 Å². The lowest BCUT2D eigenvalue weighted by molar-refractivity contribution is -0.0168. The maximum absolute atomic E-state index is 12.9. The van der Waals surface area contributed by atoms with Crippen LogP contribution in [0.25, 0.3) is 0 Å². The number of halogens is 1. The summed E-state index contributed by atoms with van der Waals surface area (Å²) in [5.74, 6) is -1.03. The van der Waals surface area contributed by atoms with E-state index in [-0.39, 0.29) is 5.56 Å². The normalized spacial score (nSPS) is 21.8. The first-order valence-corrected chi connectivity index (χ1v) is 4.75. The van der Waals surface area contributed by atoms with Gasteiger partial charge in [-0.25, -0.2) is 9.18 Å². The van der Waals surface area contributed by atoms with Gasteiger partial charge in [0.2, 0.25) is 0 Å². The van der Waals surface area contributed by atoms with Crippen LogP contribution in [0.4, 0.5) is 4.39 Å². The maximum Gasteiger partial charge on any atom is 0.338 e. The molecule has 4 heteroatoms. The third kappa shape index (κ3) is 1.85. The van der Waals surface area contributed by atoms with Gasteiger partial charge in [0.1, 0.15) is 11.9 Å². The lowest BCUT2D eigenvalue weighted by Crippen LogP contribution is -2.35. The van der Waals surface area contributed by atoms with E-state index in [1.54, 1.807) is 13.0 Å². The van der Waals surface area contributed by atoms with Crippen LogP contribution in [-0.2, 0) is 11.2 Å². The highest BCUT2D eigenvalue weighted by molar-refractivity contribution is 5.92. The molecule has 0 saturated carbocycles. The number of benzene rings is 1. The Hall–Kier alpha value is -1.42. The van der Waals surface area contributed by atoms with Gasteiger partial charge in [0, 0.05) is 6.42 Å². The fourth-order valence-corrected chi connectivity index (χ4v) is 1.65. The molecule has 1 aliphatic heterocycles. The Morgan fingerprint density at radius 2 is 2.33 bits per heavy atom. The van der Waals surface area contributed by atoms with E-state index in [1.807, 2.05) is 0 Å². The molecule has 0 aromatic heterocycles. The van der Waals surface area contributed by atoms with Crippen LogP contribution in [0.2, 0.25) is 0 Å². The van der Waals surface area contributed by atoms with Crippen molar-refractivity contribution < 1.29 is 19.0 Å². The molecule has 0 fully saturated rings. The maximum atomic E-state index is 12.9. The number of fused-ring (bicyclic) bond motifs is 1. The predicted octanol–water partition coefficient (Wildman–Crippen LogP) is 1.29. The van der Waals surface area contributed by atoms with Crippen LogP contribution in [0.3, 0.4) is 0 Å². The van der Waals surface area contributed by atoms with E-state index in [2.05, 4.69) is 0 Å². The quantitative estimate of drug-likeness (QED) is 0.710. The highest BCUT2D eigenvalue weighted by Gasteiger charge is 2.29. The predicted molar refractivity (Wildman–Crippen MR) is 51.0 cm³/mol. The molecule has 0 spiro atoms. The number of hydrogen-bond acceptors (Lipinski definition) is 3. The molecule has 2 rings (SSSR count). The molecule has 0 radical (unpaired) electrons. The first-order valence-electron chi connectivity index (χ1n) is 4.75. The average molecular weight is 210 g/mol. The van der Waals surface area contributed by atoms with E-state index in [1.165, 1.54) is 6.07 Å². The van der Waals surface area contributed by atoms with Gasteiger partial charge in [0.25, 0.3) is 0 Å². The first-order chi connectivity index (χ1) is 7.08. The van der Waals surface area contributed by atoms with Crippen molar-refractivity contribution in [2.75, 3.05) is 0 Å². The summed E-state index contributed by atoms with van der Waals surface area (Å²) in [7, 11) is 0. The van der Waals surface area contributed by atoms with Crippen molar-refractivity contribution in [2.45, 2.75) is 25.6 Å². The second kappa shape index (κ2) is 3.62. The Labute approximate surface area is 86.5 Å². The van der Waals surface area contributed by atoms with Crippen molar-refractivity contribution in [3.05, 3.63) is 35.1 Å². The summed E-state index contributed by atoms with van der Waals surface area (Å²) in [6, 6.07) is 4.02. The van der Waals surface area contributed by atoms with Gasteiger partial charge in [-0.2, -0.15) is 0 Å². The molecule has 3 nitrogen and oxygen atoms in total. The molecule has 0 bridgehead atoms. The van der Waals surface area contributed by atoms with Crippen LogP contribution >= 0.6 is 0 Å². The lowest BCUT2D eigenvalue weighted by atomic mass is 9.96. The van der Waals surface area contributed by atoms with Gasteiger partial charge < -0.3 is 9.84 Å². The third-order valence-corrected chi connectivity index (χ3v) is 2.51. The van der Waals surface area contributed by atoms with Gasteiger partial charge in [0.05, 0.1) is 11.7 Å². The molecule has 0 aliphatic carbocycles. The van der Waals surface area contributed by atoms with Crippen LogP contribution in [0, 0.1) is 5.82 Å². The number of aliphatic hydroxyl groups is 1. The highest BCUT2D eigenvalue weighted by atomic mass is 19.1. The summed E-state index contributed by atoms with van der Waals surface area (Å²) in [4.78, 5) is 11.5. The molecule has 1 heterocycles. The minimum absolute atomic E-state index is 0.256. The molecule has 0 saturated heterocycles. The van der Waals surface area contributed by atoms with E-state index in [4.69, 9.17) is 4.74 Å². The SMILES string of the molecule is CC(O)C1Cc2ccc(F)cc2C(=O)O1. The molecule has 15 heavy (non-hydrogen) atoms. The Bertz CT molecular complexity index is 401. The number of hydrogen-bond donors (Lipinski definition) is 1. The molecular formula is C11H11FO3. The van der Waals surface area contributed by atoms with Gasteiger partial charge in [0.15, 0.2) is 0 Å². The number of rotatable bonds is 1. The summed E-state index contributed by atoms with van der Waals surface area (Å²) in [5, 5.41) is 9.32. The zero-order valence-corrected chi connectivity index (χ0v) is 8.24. The average Bonchev–Trinajstić information content (AvgIpc) is 2.18.